The van der Waals surface area contributed by atoms with Gasteiger partial charge in [-0.25, -0.2) is 4.39 Å². The van der Waals surface area contributed by atoms with Crippen LogP contribution in [0.5, 0.6) is 5.75 Å². The van der Waals surface area contributed by atoms with Crippen LogP contribution in [0.1, 0.15) is 18.9 Å². The Morgan fingerprint density at radius 1 is 1.40 bits per heavy atom. The topological polar surface area (TPSA) is 49.7 Å². The van der Waals surface area contributed by atoms with Crippen molar-refractivity contribution < 1.29 is 19.2 Å². The van der Waals surface area contributed by atoms with Crippen LogP contribution in [0.2, 0.25) is 0 Å². The number of hydrogen-bond acceptors (Lipinski definition) is 3. The maximum Gasteiger partial charge on any atom is 0.492 e. The summed E-state index contributed by atoms with van der Waals surface area (Å²) in [5.41, 5.74) is 0.695. The number of hydrogen-bond donors (Lipinski definition) is 2. The first-order valence-electron chi connectivity index (χ1n) is 4.85. The van der Waals surface area contributed by atoms with Gasteiger partial charge in [-0.15, -0.1) is 0 Å². The van der Waals surface area contributed by atoms with Gasteiger partial charge in [-0.05, 0) is 25.0 Å². The van der Waals surface area contributed by atoms with Crippen molar-refractivity contribution in [1.82, 2.24) is 0 Å². The lowest BCUT2D eigenvalue weighted by molar-refractivity contribution is 0.301. The van der Waals surface area contributed by atoms with Gasteiger partial charge in [-0.1, -0.05) is 13.0 Å². The van der Waals surface area contributed by atoms with E-state index in [0.29, 0.717) is 12.2 Å². The second kappa shape index (κ2) is 5.14. The Morgan fingerprint density at radius 3 is 2.60 bits per heavy atom. The molecule has 2 N–H and O–H groups in total. The van der Waals surface area contributed by atoms with E-state index in [-0.39, 0.29) is 11.2 Å². The van der Waals surface area contributed by atoms with Crippen LogP contribution in [0, 0.1) is 12.7 Å². The lowest BCUT2D eigenvalue weighted by Crippen LogP contribution is -2.34. The smallest absolute Gasteiger partial charge is 0.491 e. The zero-order valence-electron chi connectivity index (χ0n) is 8.83. The van der Waals surface area contributed by atoms with Crippen molar-refractivity contribution in [1.29, 1.82) is 0 Å². The van der Waals surface area contributed by atoms with Crippen LogP contribution in [0.4, 0.5) is 4.39 Å². The number of ether oxygens (including phenoxy) is 1. The highest BCUT2D eigenvalue weighted by molar-refractivity contribution is 6.60. The molecule has 0 aliphatic rings. The van der Waals surface area contributed by atoms with Crippen LogP contribution in [0.3, 0.4) is 0 Å². The summed E-state index contributed by atoms with van der Waals surface area (Å²) in [7, 11) is -1.72. The van der Waals surface area contributed by atoms with Crippen LogP contribution in [0.25, 0.3) is 0 Å². The zero-order chi connectivity index (χ0) is 11.4. The van der Waals surface area contributed by atoms with E-state index in [1.165, 1.54) is 12.1 Å². The summed E-state index contributed by atoms with van der Waals surface area (Å²) >= 11 is 0. The van der Waals surface area contributed by atoms with Crippen molar-refractivity contribution in [2.45, 2.75) is 20.3 Å². The van der Waals surface area contributed by atoms with Crippen molar-refractivity contribution in [2.24, 2.45) is 0 Å². The molecule has 0 amide bonds. The van der Waals surface area contributed by atoms with E-state index in [0.717, 1.165) is 6.42 Å². The summed E-state index contributed by atoms with van der Waals surface area (Å²) in [5.74, 6) is -0.635. The number of aryl methyl sites for hydroxylation is 1. The van der Waals surface area contributed by atoms with E-state index >= 15 is 0 Å². The number of halogens is 1. The third kappa shape index (κ3) is 2.70. The highest BCUT2D eigenvalue weighted by Gasteiger charge is 2.22. The predicted octanol–water partition coefficient (Wildman–Crippen LogP) is 0.603. The third-order valence-electron chi connectivity index (χ3n) is 2.07. The maximum atomic E-state index is 13.4. The minimum atomic E-state index is -1.72. The molecule has 0 aliphatic heterocycles. The fraction of sp³-hybridized carbons (Fsp3) is 0.400. The Bertz CT molecular complexity index is 342. The van der Waals surface area contributed by atoms with Gasteiger partial charge >= 0.3 is 7.12 Å². The molecule has 0 saturated carbocycles. The van der Waals surface area contributed by atoms with E-state index < -0.39 is 12.9 Å². The van der Waals surface area contributed by atoms with Crippen LogP contribution >= 0.6 is 0 Å². The van der Waals surface area contributed by atoms with E-state index in [4.69, 9.17) is 14.8 Å². The lowest BCUT2D eigenvalue weighted by atomic mass is 9.76. The van der Waals surface area contributed by atoms with Crippen molar-refractivity contribution in [2.75, 3.05) is 6.61 Å². The van der Waals surface area contributed by atoms with Gasteiger partial charge in [0.25, 0.3) is 0 Å². The molecule has 0 heterocycles. The van der Waals surface area contributed by atoms with Gasteiger partial charge in [0.1, 0.15) is 0 Å². The quantitative estimate of drug-likeness (QED) is 0.718. The monoisotopic (exact) mass is 212 g/mol. The highest BCUT2D eigenvalue weighted by atomic mass is 19.1. The molecular weight excluding hydrogens is 198 g/mol. The largest absolute Gasteiger partial charge is 0.492 e. The Labute approximate surface area is 88.7 Å². The van der Waals surface area contributed by atoms with Crippen LogP contribution in [0.15, 0.2) is 12.1 Å². The molecule has 0 fully saturated rings. The summed E-state index contributed by atoms with van der Waals surface area (Å²) < 4.78 is 18.5. The Morgan fingerprint density at radius 2 is 2.07 bits per heavy atom. The van der Waals surface area contributed by atoms with Crippen molar-refractivity contribution in [3.05, 3.63) is 23.5 Å². The fourth-order valence-corrected chi connectivity index (χ4v) is 1.34. The Balaban J connectivity index is 3.13. The second-order valence-electron chi connectivity index (χ2n) is 3.33. The van der Waals surface area contributed by atoms with Crippen molar-refractivity contribution in [3.8, 4) is 5.75 Å². The summed E-state index contributed by atoms with van der Waals surface area (Å²) in [4.78, 5) is 0. The standard InChI is InChI=1S/C10H14BFO3/c1-3-6-15-10-8(12)5-4-7(2)9(10)11(13)14/h4-5,13-14H,3,6H2,1-2H3. The van der Waals surface area contributed by atoms with Crippen LogP contribution in [-0.4, -0.2) is 23.8 Å². The van der Waals surface area contributed by atoms with Crippen LogP contribution in [-0.2, 0) is 0 Å². The summed E-state index contributed by atoms with van der Waals surface area (Å²) in [6.07, 6.45) is 0.731. The van der Waals surface area contributed by atoms with Crippen molar-refractivity contribution in [3.63, 3.8) is 0 Å². The molecule has 15 heavy (non-hydrogen) atoms. The summed E-state index contributed by atoms with van der Waals surface area (Å²) in [6, 6.07) is 2.75. The minimum absolute atomic E-state index is 0.0631. The molecule has 82 valence electrons. The van der Waals surface area contributed by atoms with Gasteiger partial charge in [-0.2, -0.15) is 0 Å². The van der Waals surface area contributed by atoms with E-state index in [1.807, 2.05) is 6.92 Å². The molecular formula is C10H14BFO3. The lowest BCUT2D eigenvalue weighted by Gasteiger charge is -2.13. The molecule has 1 aromatic rings. The normalized spacial score (nSPS) is 10.2. The molecule has 0 bridgehead atoms. The number of rotatable bonds is 4. The first kappa shape index (κ1) is 12.0. The SMILES string of the molecule is CCCOc1c(F)ccc(C)c1B(O)O. The highest BCUT2D eigenvalue weighted by Crippen LogP contribution is 2.16. The Kier molecular flexibility index (Phi) is 4.11. The summed E-state index contributed by atoms with van der Waals surface area (Å²) in [5, 5.41) is 18.2. The molecule has 1 aromatic carbocycles. The van der Waals surface area contributed by atoms with Gasteiger partial charge in [0.2, 0.25) is 0 Å². The van der Waals surface area contributed by atoms with Crippen molar-refractivity contribution >= 4 is 12.6 Å². The van der Waals surface area contributed by atoms with E-state index in [9.17, 15) is 4.39 Å². The molecule has 0 aromatic heterocycles. The zero-order valence-corrected chi connectivity index (χ0v) is 8.83. The van der Waals surface area contributed by atoms with E-state index in [1.54, 1.807) is 6.92 Å². The van der Waals surface area contributed by atoms with Crippen LogP contribution < -0.4 is 10.2 Å². The molecule has 0 saturated heterocycles. The number of benzene rings is 1. The first-order chi connectivity index (χ1) is 7.07. The Hall–Kier alpha value is -1.07. The summed E-state index contributed by atoms with van der Waals surface area (Å²) in [6.45, 7) is 3.91. The van der Waals surface area contributed by atoms with Gasteiger partial charge < -0.3 is 14.8 Å². The van der Waals surface area contributed by atoms with Gasteiger partial charge in [0.05, 0.1) is 6.61 Å². The molecule has 1 rings (SSSR count). The molecule has 0 aliphatic carbocycles. The minimum Gasteiger partial charge on any atom is -0.491 e. The molecule has 0 unspecified atom stereocenters. The van der Waals surface area contributed by atoms with Gasteiger partial charge in [0.15, 0.2) is 11.6 Å². The average molecular weight is 212 g/mol. The molecule has 0 spiro atoms. The predicted molar refractivity (Wildman–Crippen MR) is 56.7 cm³/mol. The third-order valence-corrected chi connectivity index (χ3v) is 2.07. The fourth-order valence-electron chi connectivity index (χ4n) is 1.34. The maximum absolute atomic E-state index is 13.4. The molecule has 5 heteroatoms. The molecule has 3 nitrogen and oxygen atoms in total. The first-order valence-corrected chi connectivity index (χ1v) is 4.85. The second-order valence-corrected chi connectivity index (χ2v) is 3.33. The van der Waals surface area contributed by atoms with Gasteiger partial charge in [0, 0.05) is 5.46 Å². The molecule has 0 atom stereocenters. The average Bonchev–Trinajstić information content (AvgIpc) is 2.18. The molecule has 0 radical (unpaired) electrons. The van der Waals surface area contributed by atoms with Gasteiger partial charge in [-0.3, -0.25) is 0 Å². The van der Waals surface area contributed by atoms with E-state index in [2.05, 4.69) is 0 Å².